The van der Waals surface area contributed by atoms with E-state index < -0.39 is 9.84 Å². The van der Waals surface area contributed by atoms with Crippen molar-refractivity contribution in [3.05, 3.63) is 48.0 Å². The third-order valence-corrected chi connectivity index (χ3v) is 6.15. The summed E-state index contributed by atoms with van der Waals surface area (Å²) in [5, 5.41) is 2.53. The molecule has 112 valence electrons. The van der Waals surface area contributed by atoms with Gasteiger partial charge < -0.3 is 4.90 Å². The maximum absolute atomic E-state index is 11.5. The van der Waals surface area contributed by atoms with Crippen LogP contribution < -0.4 is 0 Å². The van der Waals surface area contributed by atoms with E-state index in [9.17, 15) is 8.42 Å². The Morgan fingerprint density at radius 2 is 1.90 bits per heavy atom. The molecule has 1 aliphatic heterocycles. The van der Waals surface area contributed by atoms with E-state index >= 15 is 0 Å². The smallest absolute Gasteiger partial charge is 0.151 e. The summed E-state index contributed by atoms with van der Waals surface area (Å²) in [6, 6.07) is 15.1. The fraction of sp³-hybridized carbons (Fsp3) is 0.412. The Balaban J connectivity index is 1.63. The van der Waals surface area contributed by atoms with E-state index in [0.717, 1.165) is 19.4 Å². The van der Waals surface area contributed by atoms with Crippen LogP contribution in [0, 0.1) is 0 Å². The first kappa shape index (κ1) is 14.5. The third-order valence-electron chi connectivity index (χ3n) is 4.40. The van der Waals surface area contributed by atoms with Gasteiger partial charge in [-0.3, -0.25) is 0 Å². The fourth-order valence-electron chi connectivity index (χ4n) is 3.01. The van der Waals surface area contributed by atoms with Crippen molar-refractivity contribution in [1.29, 1.82) is 0 Å². The molecule has 2 aromatic rings. The predicted octanol–water partition coefficient (Wildman–Crippen LogP) is 2.50. The summed E-state index contributed by atoms with van der Waals surface area (Å²) in [5.74, 6) is 0.666. The average Bonchev–Trinajstić information content (AvgIpc) is 2.85. The molecular weight excluding hydrogens is 282 g/mol. The van der Waals surface area contributed by atoms with Gasteiger partial charge in [0.25, 0.3) is 0 Å². The number of hydrogen-bond donors (Lipinski definition) is 0. The lowest BCUT2D eigenvalue weighted by atomic mass is 10.0. The summed E-state index contributed by atoms with van der Waals surface area (Å²) in [6.45, 7) is 0.901. The van der Waals surface area contributed by atoms with E-state index in [1.54, 1.807) is 0 Å². The van der Waals surface area contributed by atoms with Gasteiger partial charge in [0.15, 0.2) is 9.84 Å². The molecule has 21 heavy (non-hydrogen) atoms. The summed E-state index contributed by atoms with van der Waals surface area (Å²) in [6.07, 6.45) is 1.73. The minimum Gasteiger partial charge on any atom is -0.302 e. The van der Waals surface area contributed by atoms with Gasteiger partial charge in [0.2, 0.25) is 0 Å². The Kier molecular flexibility index (Phi) is 4.00. The lowest BCUT2D eigenvalue weighted by Crippen LogP contribution is -2.34. The van der Waals surface area contributed by atoms with Gasteiger partial charge in [0.1, 0.15) is 0 Å². The van der Waals surface area contributed by atoms with Gasteiger partial charge in [0, 0.05) is 12.6 Å². The molecule has 0 aliphatic carbocycles. The first-order chi connectivity index (χ1) is 10.0. The molecule has 0 amide bonds. The van der Waals surface area contributed by atoms with Crippen LogP contribution in [-0.4, -0.2) is 44.5 Å². The van der Waals surface area contributed by atoms with Crippen molar-refractivity contribution in [1.82, 2.24) is 4.90 Å². The maximum Gasteiger partial charge on any atom is 0.151 e. The molecular formula is C17H21NO2S. The Morgan fingerprint density at radius 1 is 1.14 bits per heavy atom. The van der Waals surface area contributed by atoms with Gasteiger partial charge in [-0.15, -0.1) is 0 Å². The summed E-state index contributed by atoms with van der Waals surface area (Å²) in [4.78, 5) is 2.19. The standard InChI is InChI=1S/C17H21NO2S/c1-18(17-9-11-21(19,20)13-17)10-8-14-6-7-15-4-2-3-5-16(15)12-14/h2-7,12,17H,8-11,13H2,1H3/t17-/m1/s1. The molecule has 1 aliphatic rings. The molecule has 0 N–H and O–H groups in total. The van der Waals surface area contributed by atoms with Crippen LogP contribution in [0.1, 0.15) is 12.0 Å². The predicted molar refractivity (Wildman–Crippen MR) is 87.3 cm³/mol. The molecule has 0 bridgehead atoms. The zero-order valence-corrected chi connectivity index (χ0v) is 13.1. The highest BCUT2D eigenvalue weighted by atomic mass is 32.2. The molecule has 3 nitrogen and oxygen atoms in total. The maximum atomic E-state index is 11.5. The van der Waals surface area contributed by atoms with Gasteiger partial charge in [-0.25, -0.2) is 8.42 Å². The van der Waals surface area contributed by atoms with Gasteiger partial charge in [-0.2, -0.15) is 0 Å². The molecule has 1 heterocycles. The van der Waals surface area contributed by atoms with Crippen molar-refractivity contribution in [3.8, 4) is 0 Å². The second-order valence-corrected chi connectivity index (χ2v) is 8.20. The van der Waals surface area contributed by atoms with E-state index in [0.29, 0.717) is 11.5 Å². The van der Waals surface area contributed by atoms with Crippen LogP contribution in [0.3, 0.4) is 0 Å². The second-order valence-electron chi connectivity index (χ2n) is 5.97. The van der Waals surface area contributed by atoms with Crippen LogP contribution in [0.5, 0.6) is 0 Å². The molecule has 4 heteroatoms. The number of hydrogen-bond acceptors (Lipinski definition) is 3. The van der Waals surface area contributed by atoms with Crippen LogP contribution in [0.25, 0.3) is 10.8 Å². The van der Waals surface area contributed by atoms with Crippen molar-refractivity contribution >= 4 is 20.6 Å². The van der Waals surface area contributed by atoms with Crippen molar-refractivity contribution in [2.75, 3.05) is 25.1 Å². The van der Waals surface area contributed by atoms with Gasteiger partial charge >= 0.3 is 0 Å². The SMILES string of the molecule is CN(CCc1ccc2ccccc2c1)[C@@H]1CCS(=O)(=O)C1. The normalized spacial score (nSPS) is 21.1. The van der Waals surface area contributed by atoms with Crippen molar-refractivity contribution in [2.24, 2.45) is 0 Å². The summed E-state index contributed by atoms with van der Waals surface area (Å²) >= 11 is 0. The molecule has 0 aromatic heterocycles. The van der Waals surface area contributed by atoms with Gasteiger partial charge in [0.05, 0.1) is 11.5 Å². The van der Waals surface area contributed by atoms with Gasteiger partial charge in [-0.05, 0) is 36.2 Å². The van der Waals surface area contributed by atoms with Crippen molar-refractivity contribution < 1.29 is 8.42 Å². The highest BCUT2D eigenvalue weighted by Crippen LogP contribution is 2.19. The van der Waals surface area contributed by atoms with Crippen LogP contribution in [-0.2, 0) is 16.3 Å². The molecule has 0 saturated carbocycles. The number of fused-ring (bicyclic) bond motifs is 1. The number of likely N-dealkylation sites (N-methyl/N-ethyl adjacent to an activating group) is 1. The van der Waals surface area contributed by atoms with Crippen LogP contribution in [0.4, 0.5) is 0 Å². The number of benzene rings is 2. The molecule has 1 atom stereocenters. The van der Waals surface area contributed by atoms with Crippen molar-refractivity contribution in [2.45, 2.75) is 18.9 Å². The molecule has 1 saturated heterocycles. The van der Waals surface area contributed by atoms with E-state index in [1.807, 2.05) is 7.05 Å². The lowest BCUT2D eigenvalue weighted by Gasteiger charge is -2.23. The van der Waals surface area contributed by atoms with Crippen molar-refractivity contribution in [3.63, 3.8) is 0 Å². The quantitative estimate of drug-likeness (QED) is 0.871. The van der Waals surface area contributed by atoms with Crippen LogP contribution >= 0.6 is 0 Å². The monoisotopic (exact) mass is 303 g/mol. The number of nitrogens with zero attached hydrogens (tertiary/aromatic N) is 1. The minimum absolute atomic E-state index is 0.190. The summed E-state index contributed by atoms with van der Waals surface area (Å²) in [7, 11) is -0.760. The largest absolute Gasteiger partial charge is 0.302 e. The molecule has 1 fully saturated rings. The zero-order chi connectivity index (χ0) is 14.9. The van der Waals surface area contributed by atoms with E-state index in [1.165, 1.54) is 16.3 Å². The molecule has 3 rings (SSSR count). The minimum atomic E-state index is -2.79. The van der Waals surface area contributed by atoms with E-state index in [-0.39, 0.29) is 6.04 Å². The topological polar surface area (TPSA) is 37.4 Å². The number of rotatable bonds is 4. The van der Waals surface area contributed by atoms with E-state index in [2.05, 4.69) is 47.4 Å². The number of sulfone groups is 1. The summed E-state index contributed by atoms with van der Waals surface area (Å²) in [5.41, 5.74) is 1.31. The Hall–Kier alpha value is -1.39. The van der Waals surface area contributed by atoms with E-state index in [4.69, 9.17) is 0 Å². The molecule has 0 unspecified atom stereocenters. The highest BCUT2D eigenvalue weighted by Gasteiger charge is 2.30. The molecule has 0 spiro atoms. The third kappa shape index (κ3) is 3.44. The Bertz CT molecular complexity index is 739. The first-order valence-electron chi connectivity index (χ1n) is 7.42. The second kappa shape index (κ2) is 5.78. The highest BCUT2D eigenvalue weighted by molar-refractivity contribution is 7.91. The fourth-order valence-corrected chi connectivity index (χ4v) is 4.81. The summed E-state index contributed by atoms with van der Waals surface area (Å²) < 4.78 is 23.1. The van der Waals surface area contributed by atoms with Crippen LogP contribution in [0.2, 0.25) is 0 Å². The van der Waals surface area contributed by atoms with Crippen LogP contribution in [0.15, 0.2) is 42.5 Å². The Morgan fingerprint density at radius 3 is 2.62 bits per heavy atom. The van der Waals surface area contributed by atoms with Gasteiger partial charge in [-0.1, -0.05) is 42.5 Å². The molecule has 0 radical (unpaired) electrons. The Labute approximate surface area is 126 Å². The first-order valence-corrected chi connectivity index (χ1v) is 9.24. The lowest BCUT2D eigenvalue weighted by molar-refractivity contribution is 0.265. The zero-order valence-electron chi connectivity index (χ0n) is 12.3. The molecule has 2 aromatic carbocycles. The average molecular weight is 303 g/mol.